The standard InChI is InChI=1S/C32H37F2N3O2/c1-3-5-12-37-13-11-25-9-10-26(18-30(25)37)32(39)36-29(17-24-15-27(33)19-28(34)16-24)31(38)21-35-20-23-8-6-7-22(4-2)14-23/h6-11,13-16,18-19,29,31,35,38H,3-5,12,17,20-21H2,1-2H3,(H,36,39)/t29-,31-/m0/s1. The van der Waals surface area contributed by atoms with Crippen molar-refractivity contribution in [2.24, 2.45) is 0 Å². The Labute approximate surface area is 228 Å². The maximum Gasteiger partial charge on any atom is 0.251 e. The SMILES string of the molecule is CCCCn1ccc2ccc(C(=O)N[C@@H](Cc3cc(F)cc(F)c3)[C@@H](O)CNCc3cccc(CC)c3)cc21. The minimum atomic E-state index is -0.994. The largest absolute Gasteiger partial charge is 0.390 e. The monoisotopic (exact) mass is 533 g/mol. The number of aromatic nitrogens is 1. The fourth-order valence-corrected chi connectivity index (χ4v) is 4.83. The number of nitrogens with one attached hydrogen (secondary N) is 2. The Balaban J connectivity index is 1.50. The smallest absolute Gasteiger partial charge is 0.251 e. The Morgan fingerprint density at radius 1 is 0.949 bits per heavy atom. The molecule has 0 bridgehead atoms. The number of unbranched alkanes of at least 4 members (excludes halogenated alkanes) is 1. The van der Waals surface area contributed by atoms with Gasteiger partial charge in [0.15, 0.2) is 0 Å². The van der Waals surface area contributed by atoms with E-state index in [-0.39, 0.29) is 18.9 Å². The van der Waals surface area contributed by atoms with E-state index in [1.165, 1.54) is 17.7 Å². The number of aliphatic hydroxyl groups is 1. The van der Waals surface area contributed by atoms with E-state index in [0.29, 0.717) is 17.7 Å². The summed E-state index contributed by atoms with van der Waals surface area (Å²) in [6.45, 7) is 5.84. The van der Waals surface area contributed by atoms with Crippen molar-refractivity contribution in [1.82, 2.24) is 15.2 Å². The predicted molar refractivity (Wildman–Crippen MR) is 152 cm³/mol. The van der Waals surface area contributed by atoms with E-state index in [1.54, 1.807) is 6.07 Å². The summed E-state index contributed by atoms with van der Waals surface area (Å²) < 4.78 is 29.9. The van der Waals surface area contributed by atoms with Gasteiger partial charge >= 0.3 is 0 Å². The molecule has 0 spiro atoms. The molecule has 0 aliphatic carbocycles. The molecular formula is C32H37F2N3O2. The van der Waals surface area contributed by atoms with E-state index in [9.17, 15) is 18.7 Å². The van der Waals surface area contributed by atoms with Crippen LogP contribution in [-0.4, -0.2) is 34.3 Å². The minimum Gasteiger partial charge on any atom is -0.390 e. The van der Waals surface area contributed by atoms with Crippen LogP contribution in [0, 0.1) is 11.6 Å². The number of aliphatic hydroxyl groups excluding tert-OH is 1. The van der Waals surface area contributed by atoms with E-state index in [1.807, 2.05) is 36.5 Å². The first-order valence-corrected chi connectivity index (χ1v) is 13.7. The van der Waals surface area contributed by atoms with Crippen LogP contribution in [0.15, 0.2) is 72.9 Å². The molecule has 5 nitrogen and oxygen atoms in total. The number of nitrogens with zero attached hydrogens (tertiary/aromatic N) is 1. The third-order valence-corrected chi connectivity index (χ3v) is 7.03. The van der Waals surface area contributed by atoms with Crippen molar-refractivity contribution < 1.29 is 18.7 Å². The molecule has 0 aliphatic rings. The van der Waals surface area contributed by atoms with Crippen molar-refractivity contribution in [1.29, 1.82) is 0 Å². The van der Waals surface area contributed by atoms with Gasteiger partial charge in [0.05, 0.1) is 12.1 Å². The first-order valence-electron chi connectivity index (χ1n) is 13.7. The fourth-order valence-electron chi connectivity index (χ4n) is 4.83. The molecule has 0 radical (unpaired) electrons. The van der Waals surface area contributed by atoms with Gasteiger partial charge < -0.3 is 20.3 Å². The Hall–Kier alpha value is -3.55. The summed E-state index contributed by atoms with van der Waals surface area (Å²) in [4.78, 5) is 13.3. The highest BCUT2D eigenvalue weighted by Gasteiger charge is 2.23. The number of hydrogen-bond acceptors (Lipinski definition) is 3. The number of carbonyl (C=O) groups excluding carboxylic acids is 1. The van der Waals surface area contributed by atoms with Gasteiger partial charge in [-0.25, -0.2) is 8.78 Å². The van der Waals surface area contributed by atoms with Crippen molar-refractivity contribution in [2.45, 2.75) is 64.8 Å². The zero-order valence-electron chi connectivity index (χ0n) is 22.6. The molecule has 3 N–H and O–H groups in total. The number of halogens is 2. The Morgan fingerprint density at radius 3 is 2.46 bits per heavy atom. The van der Waals surface area contributed by atoms with Gasteiger partial charge in [0.25, 0.3) is 5.91 Å². The lowest BCUT2D eigenvalue weighted by Crippen LogP contribution is -2.48. The van der Waals surface area contributed by atoms with Gasteiger partial charge in [-0.3, -0.25) is 4.79 Å². The van der Waals surface area contributed by atoms with Crippen LogP contribution in [0.5, 0.6) is 0 Å². The number of rotatable bonds is 13. The van der Waals surface area contributed by atoms with Gasteiger partial charge in [-0.15, -0.1) is 0 Å². The fraction of sp³-hybridized carbons (Fsp3) is 0.344. The van der Waals surface area contributed by atoms with Gasteiger partial charge in [0, 0.05) is 43.0 Å². The Kier molecular flexibility index (Phi) is 9.85. The van der Waals surface area contributed by atoms with Gasteiger partial charge in [0.1, 0.15) is 11.6 Å². The summed E-state index contributed by atoms with van der Waals surface area (Å²) in [7, 11) is 0. The molecule has 0 aliphatic heterocycles. The highest BCUT2D eigenvalue weighted by atomic mass is 19.1. The molecule has 0 unspecified atom stereocenters. The second kappa shape index (κ2) is 13.5. The van der Waals surface area contributed by atoms with Crippen LogP contribution in [0.2, 0.25) is 0 Å². The van der Waals surface area contributed by atoms with Crippen LogP contribution in [-0.2, 0) is 25.9 Å². The van der Waals surface area contributed by atoms with Crippen molar-refractivity contribution in [3.8, 4) is 0 Å². The molecule has 4 rings (SSSR count). The van der Waals surface area contributed by atoms with Crippen molar-refractivity contribution in [2.75, 3.05) is 6.54 Å². The van der Waals surface area contributed by atoms with Crippen molar-refractivity contribution >= 4 is 16.8 Å². The Bertz CT molecular complexity index is 1380. The highest BCUT2D eigenvalue weighted by molar-refractivity contribution is 5.98. The third-order valence-electron chi connectivity index (χ3n) is 7.03. The summed E-state index contributed by atoms with van der Waals surface area (Å²) in [5, 5.41) is 18.3. The molecule has 2 atom stereocenters. The normalized spacial score (nSPS) is 12.9. The highest BCUT2D eigenvalue weighted by Crippen LogP contribution is 2.19. The molecule has 1 amide bonds. The average molecular weight is 534 g/mol. The zero-order valence-corrected chi connectivity index (χ0v) is 22.6. The van der Waals surface area contributed by atoms with Crippen LogP contribution in [0.3, 0.4) is 0 Å². The number of hydrogen-bond donors (Lipinski definition) is 3. The summed E-state index contributed by atoms with van der Waals surface area (Å²) in [5.41, 5.74) is 4.11. The zero-order chi connectivity index (χ0) is 27.8. The summed E-state index contributed by atoms with van der Waals surface area (Å²) in [5.74, 6) is -1.75. The molecular weight excluding hydrogens is 496 g/mol. The van der Waals surface area contributed by atoms with E-state index < -0.39 is 23.8 Å². The summed E-state index contributed by atoms with van der Waals surface area (Å²) >= 11 is 0. The maximum atomic E-state index is 13.9. The van der Waals surface area contributed by atoms with Gasteiger partial charge in [-0.05, 0) is 71.7 Å². The molecule has 0 saturated heterocycles. The minimum absolute atomic E-state index is 0.0731. The number of aryl methyl sites for hydroxylation is 2. The molecule has 1 aromatic heterocycles. The summed E-state index contributed by atoms with van der Waals surface area (Å²) in [6.07, 6.45) is 4.14. The lowest BCUT2D eigenvalue weighted by molar-refractivity contribution is 0.0830. The molecule has 0 saturated carbocycles. The van der Waals surface area contributed by atoms with Gasteiger partial charge in [0.2, 0.25) is 0 Å². The van der Waals surface area contributed by atoms with E-state index >= 15 is 0 Å². The first kappa shape index (κ1) is 28.5. The number of fused-ring (bicyclic) bond motifs is 1. The van der Waals surface area contributed by atoms with Crippen LogP contribution < -0.4 is 10.6 Å². The van der Waals surface area contributed by atoms with Crippen molar-refractivity contribution in [3.63, 3.8) is 0 Å². The average Bonchev–Trinajstić information content (AvgIpc) is 3.33. The second-order valence-corrected chi connectivity index (χ2v) is 10.1. The quantitative estimate of drug-likeness (QED) is 0.204. The van der Waals surface area contributed by atoms with Crippen LogP contribution in [0.25, 0.3) is 10.9 Å². The molecule has 0 fully saturated rings. The number of amides is 1. The van der Waals surface area contributed by atoms with Gasteiger partial charge in [-0.2, -0.15) is 0 Å². The van der Waals surface area contributed by atoms with Crippen LogP contribution in [0.4, 0.5) is 8.78 Å². The van der Waals surface area contributed by atoms with Crippen molar-refractivity contribution in [3.05, 3.63) is 107 Å². The van der Waals surface area contributed by atoms with E-state index in [2.05, 4.69) is 41.2 Å². The molecule has 39 heavy (non-hydrogen) atoms. The maximum absolute atomic E-state index is 13.9. The van der Waals surface area contributed by atoms with Gasteiger partial charge in [-0.1, -0.05) is 50.6 Å². The molecule has 4 aromatic rings. The Morgan fingerprint density at radius 2 is 1.72 bits per heavy atom. The summed E-state index contributed by atoms with van der Waals surface area (Å²) in [6, 6.07) is 18.2. The van der Waals surface area contributed by atoms with E-state index in [0.717, 1.165) is 48.3 Å². The van der Waals surface area contributed by atoms with Crippen LogP contribution in [0.1, 0.15) is 53.7 Å². The third kappa shape index (κ3) is 7.74. The number of carbonyl (C=O) groups is 1. The molecule has 206 valence electrons. The lowest BCUT2D eigenvalue weighted by atomic mass is 10.00. The topological polar surface area (TPSA) is 66.3 Å². The number of benzene rings is 3. The first-order chi connectivity index (χ1) is 18.9. The molecule has 1 heterocycles. The second-order valence-electron chi connectivity index (χ2n) is 10.1. The predicted octanol–water partition coefficient (Wildman–Crippen LogP) is 5.77. The van der Waals surface area contributed by atoms with E-state index in [4.69, 9.17) is 0 Å². The lowest BCUT2D eigenvalue weighted by Gasteiger charge is -2.25. The molecule has 7 heteroatoms. The molecule has 3 aromatic carbocycles. The van der Waals surface area contributed by atoms with Crippen LogP contribution >= 0.6 is 0 Å².